The van der Waals surface area contributed by atoms with Crippen LogP contribution in [0, 0.1) is 0 Å². The van der Waals surface area contributed by atoms with Crippen LogP contribution in [0.1, 0.15) is 10.4 Å². The summed E-state index contributed by atoms with van der Waals surface area (Å²) in [7, 11) is -0.421. The minimum Gasteiger partial charge on any atom is -0.495 e. The number of methoxy groups -OCH3 is 2. The Hall–Kier alpha value is -2.62. The molecule has 7 nitrogen and oxygen atoms in total. The van der Waals surface area contributed by atoms with Crippen LogP contribution in [0.2, 0.25) is 5.02 Å². The zero-order chi connectivity index (χ0) is 20.3. The van der Waals surface area contributed by atoms with Gasteiger partial charge in [0.2, 0.25) is 10.9 Å². The van der Waals surface area contributed by atoms with Crippen LogP contribution in [0.4, 0.5) is 11.5 Å². The largest absolute Gasteiger partial charge is 0.495 e. The van der Waals surface area contributed by atoms with Crippen molar-refractivity contribution in [2.45, 2.75) is 0 Å². The number of hydrogen-bond donors (Lipinski definition) is 1. The maximum absolute atomic E-state index is 12.0. The molecule has 10 heteroatoms. The number of nitrogens with zero attached hydrogens (tertiary/aromatic N) is 2. The van der Waals surface area contributed by atoms with E-state index < -0.39 is 16.9 Å². The molecule has 0 saturated carbocycles. The summed E-state index contributed by atoms with van der Waals surface area (Å²) in [5.41, 5.74) is 1.29. The zero-order valence-corrected chi connectivity index (χ0v) is 17.3. The van der Waals surface area contributed by atoms with E-state index in [1.54, 1.807) is 29.6 Å². The van der Waals surface area contributed by atoms with Crippen LogP contribution < -0.4 is 9.04 Å². The van der Waals surface area contributed by atoms with E-state index in [2.05, 4.69) is 9.72 Å². The number of rotatable bonds is 6. The molecule has 0 fully saturated rings. The molecule has 0 atom stereocenters. The third-order valence-corrected chi connectivity index (χ3v) is 5.67. The number of hydrogen-bond acceptors (Lipinski definition) is 7. The Morgan fingerprint density at radius 1 is 1.14 bits per heavy atom. The van der Waals surface area contributed by atoms with E-state index in [0.717, 1.165) is 9.87 Å². The molecular weight excluding hydrogens is 424 g/mol. The van der Waals surface area contributed by atoms with Gasteiger partial charge in [0.15, 0.2) is 5.82 Å². The molecule has 0 N–H and O–H groups in total. The second-order valence-corrected chi connectivity index (χ2v) is 7.62. The van der Waals surface area contributed by atoms with Crippen molar-refractivity contribution >= 4 is 51.3 Å². The second kappa shape index (κ2) is 8.59. The van der Waals surface area contributed by atoms with Crippen LogP contribution in [0.5, 0.6) is 5.75 Å². The molecule has 0 spiro atoms. The SMILES string of the molecule is COC(=O)c1ccc(N(c2csc(-c3ccc(Cl)cc3)n2)[SH](=O)=O)c(OC)c1. The summed E-state index contributed by atoms with van der Waals surface area (Å²) in [5, 5.41) is 2.86. The van der Waals surface area contributed by atoms with Gasteiger partial charge in [-0.3, -0.25) is 0 Å². The fourth-order valence-corrected chi connectivity index (χ4v) is 4.09. The Morgan fingerprint density at radius 3 is 2.46 bits per heavy atom. The summed E-state index contributed by atoms with van der Waals surface area (Å²) < 4.78 is 35.0. The van der Waals surface area contributed by atoms with Gasteiger partial charge in [-0.2, -0.15) is 0 Å². The van der Waals surface area contributed by atoms with Crippen molar-refractivity contribution in [1.82, 2.24) is 4.98 Å². The van der Waals surface area contributed by atoms with Crippen LogP contribution in [0.25, 0.3) is 10.6 Å². The molecule has 0 unspecified atom stereocenters. The van der Waals surface area contributed by atoms with Crippen molar-refractivity contribution in [2.75, 3.05) is 18.5 Å². The van der Waals surface area contributed by atoms with Crippen molar-refractivity contribution in [3.63, 3.8) is 0 Å². The first-order valence-corrected chi connectivity index (χ1v) is 10.3. The Labute approximate surface area is 172 Å². The highest BCUT2D eigenvalue weighted by atomic mass is 35.5. The minimum atomic E-state index is -3.07. The lowest BCUT2D eigenvalue weighted by Crippen LogP contribution is -2.16. The first-order valence-electron chi connectivity index (χ1n) is 7.87. The molecule has 0 saturated heterocycles. The molecule has 1 heterocycles. The molecule has 2 aromatic carbocycles. The Morgan fingerprint density at radius 2 is 1.86 bits per heavy atom. The van der Waals surface area contributed by atoms with Gasteiger partial charge in [-0.05, 0) is 30.3 Å². The van der Waals surface area contributed by atoms with E-state index >= 15 is 0 Å². The van der Waals surface area contributed by atoms with Crippen molar-refractivity contribution in [3.05, 3.63) is 58.4 Å². The second-order valence-electron chi connectivity index (χ2n) is 5.45. The topological polar surface area (TPSA) is 85.8 Å². The average Bonchev–Trinajstić information content (AvgIpc) is 3.17. The smallest absolute Gasteiger partial charge is 0.337 e. The monoisotopic (exact) mass is 438 g/mol. The number of ether oxygens (including phenoxy) is 2. The summed E-state index contributed by atoms with van der Waals surface area (Å²) >= 11 is 7.20. The quantitative estimate of drug-likeness (QED) is 0.463. The van der Waals surface area contributed by atoms with E-state index in [1.807, 2.05) is 0 Å². The highest BCUT2D eigenvalue weighted by Gasteiger charge is 2.21. The van der Waals surface area contributed by atoms with Gasteiger partial charge in [-0.15, -0.1) is 11.3 Å². The Bertz CT molecular complexity index is 1070. The number of benzene rings is 2. The Balaban J connectivity index is 2.03. The van der Waals surface area contributed by atoms with Crippen LogP contribution >= 0.6 is 22.9 Å². The van der Waals surface area contributed by atoms with E-state index in [0.29, 0.717) is 10.0 Å². The van der Waals surface area contributed by atoms with Gasteiger partial charge in [-0.25, -0.2) is 22.5 Å². The maximum Gasteiger partial charge on any atom is 0.337 e. The fraction of sp³-hybridized carbons (Fsp3) is 0.111. The van der Waals surface area contributed by atoms with Gasteiger partial charge in [-0.1, -0.05) is 23.7 Å². The number of carbonyl (C=O) groups is 1. The summed E-state index contributed by atoms with van der Waals surface area (Å²) in [5.74, 6) is -0.139. The molecule has 146 valence electrons. The minimum absolute atomic E-state index is 0.197. The van der Waals surface area contributed by atoms with Crippen molar-refractivity contribution in [3.8, 4) is 16.3 Å². The number of carbonyl (C=O) groups excluding carboxylic acids is 1. The number of thiol groups is 1. The summed E-state index contributed by atoms with van der Waals surface area (Å²) in [6.45, 7) is 0. The van der Waals surface area contributed by atoms with E-state index in [4.69, 9.17) is 16.3 Å². The number of anilines is 2. The molecule has 1 aromatic heterocycles. The molecule has 3 aromatic rings. The number of esters is 1. The lowest BCUT2D eigenvalue weighted by atomic mass is 10.2. The van der Waals surface area contributed by atoms with Crippen LogP contribution in [0.3, 0.4) is 0 Å². The predicted octanol–water partition coefficient (Wildman–Crippen LogP) is 3.92. The molecule has 0 amide bonds. The van der Waals surface area contributed by atoms with Gasteiger partial charge in [0.25, 0.3) is 0 Å². The third kappa shape index (κ3) is 4.11. The first-order chi connectivity index (χ1) is 13.4. The third-order valence-electron chi connectivity index (χ3n) is 3.79. The maximum atomic E-state index is 12.0. The normalized spacial score (nSPS) is 10.7. The first kappa shape index (κ1) is 20.1. The average molecular weight is 439 g/mol. The standard InChI is InChI=1S/C18H15ClN2O5S2/c1-25-15-9-12(18(22)26-2)5-8-14(15)21(28(23)24)16-10-27-17(20-16)11-3-6-13(19)7-4-11/h3-10,28H,1-2H3. The van der Waals surface area contributed by atoms with E-state index in [9.17, 15) is 13.2 Å². The molecule has 0 aliphatic rings. The van der Waals surface area contributed by atoms with Gasteiger partial charge >= 0.3 is 5.97 Å². The molecule has 28 heavy (non-hydrogen) atoms. The van der Waals surface area contributed by atoms with Crippen molar-refractivity contribution in [1.29, 1.82) is 0 Å². The highest BCUT2D eigenvalue weighted by Crippen LogP contribution is 2.37. The van der Waals surface area contributed by atoms with Crippen LogP contribution in [0.15, 0.2) is 47.8 Å². The summed E-state index contributed by atoms with van der Waals surface area (Å²) in [4.78, 5) is 16.1. The molecule has 0 aliphatic carbocycles. The number of thiazole rings is 1. The lowest BCUT2D eigenvalue weighted by Gasteiger charge is -2.18. The van der Waals surface area contributed by atoms with Gasteiger partial charge < -0.3 is 9.47 Å². The fourth-order valence-electron chi connectivity index (χ4n) is 2.48. The van der Waals surface area contributed by atoms with E-state index in [-0.39, 0.29) is 22.8 Å². The predicted molar refractivity (Wildman–Crippen MR) is 109 cm³/mol. The number of aromatic nitrogens is 1. The lowest BCUT2D eigenvalue weighted by molar-refractivity contribution is 0.0600. The van der Waals surface area contributed by atoms with Crippen LogP contribution in [-0.2, 0) is 15.6 Å². The van der Waals surface area contributed by atoms with Crippen molar-refractivity contribution in [2.24, 2.45) is 0 Å². The van der Waals surface area contributed by atoms with Gasteiger partial charge in [0, 0.05) is 16.0 Å². The van der Waals surface area contributed by atoms with Gasteiger partial charge in [0.1, 0.15) is 16.4 Å². The molecule has 0 aliphatic heterocycles. The van der Waals surface area contributed by atoms with Gasteiger partial charge in [0.05, 0.1) is 19.8 Å². The molecule has 0 bridgehead atoms. The Kier molecular flexibility index (Phi) is 6.18. The summed E-state index contributed by atoms with van der Waals surface area (Å²) in [6, 6.07) is 11.4. The molecular formula is C18H15ClN2O5S2. The molecule has 3 rings (SSSR count). The summed E-state index contributed by atoms with van der Waals surface area (Å²) in [6.07, 6.45) is 0. The molecule has 0 radical (unpaired) electrons. The number of halogens is 1. The zero-order valence-electron chi connectivity index (χ0n) is 14.8. The highest BCUT2D eigenvalue weighted by molar-refractivity contribution is 7.74. The van der Waals surface area contributed by atoms with E-state index in [1.165, 1.54) is 43.8 Å². The van der Waals surface area contributed by atoms with Crippen molar-refractivity contribution < 1.29 is 22.7 Å². The van der Waals surface area contributed by atoms with Crippen LogP contribution in [-0.4, -0.2) is 33.6 Å².